The summed E-state index contributed by atoms with van der Waals surface area (Å²) in [5.41, 5.74) is 0. The van der Waals surface area contributed by atoms with Crippen molar-refractivity contribution in [3.63, 3.8) is 0 Å². The fourth-order valence-corrected chi connectivity index (χ4v) is 3.44. The predicted molar refractivity (Wildman–Crippen MR) is 86.8 cm³/mol. The molecule has 5 heteroatoms. The molecule has 1 saturated carbocycles. The van der Waals surface area contributed by atoms with Crippen molar-refractivity contribution >= 4 is 5.91 Å². The van der Waals surface area contributed by atoms with Crippen molar-refractivity contribution in [1.82, 2.24) is 15.1 Å². The standard InChI is InChI=1S/C17H31N3O2/c21-17(14-18-13-15-3-4-15)20-9-5-16(6-10-20)22-12-11-19-7-1-2-8-19/h15-16,18H,1-14H2. The van der Waals surface area contributed by atoms with E-state index in [1.807, 2.05) is 4.90 Å². The van der Waals surface area contributed by atoms with Crippen LogP contribution in [0.3, 0.4) is 0 Å². The van der Waals surface area contributed by atoms with Gasteiger partial charge in [0.1, 0.15) is 0 Å². The summed E-state index contributed by atoms with van der Waals surface area (Å²) in [6.07, 6.45) is 7.70. The van der Waals surface area contributed by atoms with E-state index in [1.54, 1.807) is 0 Å². The van der Waals surface area contributed by atoms with Gasteiger partial charge >= 0.3 is 0 Å². The molecule has 0 unspecified atom stereocenters. The average Bonchev–Trinajstić information content (AvgIpc) is 3.21. The number of piperidine rings is 1. The topological polar surface area (TPSA) is 44.8 Å². The second kappa shape index (κ2) is 8.27. The van der Waals surface area contributed by atoms with Crippen LogP contribution in [0, 0.1) is 5.92 Å². The summed E-state index contributed by atoms with van der Waals surface area (Å²) in [6, 6.07) is 0. The number of carbonyl (C=O) groups is 1. The Kier molecular flexibility index (Phi) is 6.10. The first-order valence-corrected chi connectivity index (χ1v) is 9.14. The summed E-state index contributed by atoms with van der Waals surface area (Å²) in [7, 11) is 0. The van der Waals surface area contributed by atoms with Crippen LogP contribution < -0.4 is 5.32 Å². The van der Waals surface area contributed by atoms with E-state index in [-0.39, 0.29) is 5.91 Å². The highest BCUT2D eigenvalue weighted by Crippen LogP contribution is 2.27. The average molecular weight is 309 g/mol. The van der Waals surface area contributed by atoms with Gasteiger partial charge in [0.15, 0.2) is 0 Å². The van der Waals surface area contributed by atoms with Crippen molar-refractivity contribution < 1.29 is 9.53 Å². The number of likely N-dealkylation sites (tertiary alicyclic amines) is 2. The normalized spacial score (nSPS) is 24.1. The maximum absolute atomic E-state index is 12.1. The van der Waals surface area contributed by atoms with Gasteiger partial charge in [-0.05, 0) is 64.1 Å². The van der Waals surface area contributed by atoms with E-state index >= 15 is 0 Å². The first-order chi connectivity index (χ1) is 10.8. The molecule has 22 heavy (non-hydrogen) atoms. The summed E-state index contributed by atoms with van der Waals surface area (Å²) < 4.78 is 6.00. The fraction of sp³-hybridized carbons (Fsp3) is 0.941. The lowest BCUT2D eigenvalue weighted by Gasteiger charge is -2.32. The number of hydrogen-bond donors (Lipinski definition) is 1. The van der Waals surface area contributed by atoms with Crippen molar-refractivity contribution in [2.75, 3.05) is 52.4 Å². The van der Waals surface area contributed by atoms with Crippen molar-refractivity contribution in [2.24, 2.45) is 5.92 Å². The molecule has 0 atom stereocenters. The zero-order chi connectivity index (χ0) is 15.2. The van der Waals surface area contributed by atoms with Crippen LogP contribution in [0.5, 0.6) is 0 Å². The quantitative estimate of drug-likeness (QED) is 0.729. The number of amides is 1. The van der Waals surface area contributed by atoms with Gasteiger partial charge < -0.3 is 19.9 Å². The molecule has 0 aromatic rings. The molecule has 0 aromatic carbocycles. The first kappa shape index (κ1) is 16.2. The molecule has 1 aliphatic carbocycles. The van der Waals surface area contributed by atoms with Gasteiger partial charge in [-0.15, -0.1) is 0 Å². The number of hydrogen-bond acceptors (Lipinski definition) is 4. The first-order valence-electron chi connectivity index (χ1n) is 9.14. The minimum atomic E-state index is 0.260. The van der Waals surface area contributed by atoms with Gasteiger partial charge in [0.05, 0.1) is 19.3 Å². The molecule has 5 nitrogen and oxygen atoms in total. The van der Waals surface area contributed by atoms with Crippen LogP contribution >= 0.6 is 0 Å². The second-order valence-corrected chi connectivity index (χ2v) is 7.07. The molecule has 0 spiro atoms. The van der Waals surface area contributed by atoms with Crippen LogP contribution in [0.15, 0.2) is 0 Å². The van der Waals surface area contributed by atoms with Crippen molar-refractivity contribution in [3.8, 4) is 0 Å². The predicted octanol–water partition coefficient (Wildman–Crippen LogP) is 1.09. The SMILES string of the molecule is O=C(CNCC1CC1)N1CCC(OCCN2CCCC2)CC1. The summed E-state index contributed by atoms with van der Waals surface area (Å²) in [5.74, 6) is 1.10. The zero-order valence-electron chi connectivity index (χ0n) is 13.8. The lowest BCUT2D eigenvalue weighted by atomic mass is 10.1. The minimum absolute atomic E-state index is 0.260. The highest BCUT2D eigenvalue weighted by atomic mass is 16.5. The Morgan fingerprint density at radius 3 is 2.45 bits per heavy atom. The molecule has 2 heterocycles. The Morgan fingerprint density at radius 1 is 1.05 bits per heavy atom. The molecular weight excluding hydrogens is 278 g/mol. The summed E-state index contributed by atoms with van der Waals surface area (Å²) in [5, 5.41) is 3.29. The molecule has 3 aliphatic rings. The van der Waals surface area contributed by atoms with E-state index < -0.39 is 0 Å². The smallest absolute Gasteiger partial charge is 0.236 e. The van der Waals surface area contributed by atoms with Crippen LogP contribution in [0.1, 0.15) is 38.5 Å². The lowest BCUT2D eigenvalue weighted by molar-refractivity contribution is -0.132. The van der Waals surface area contributed by atoms with E-state index in [2.05, 4.69) is 10.2 Å². The fourth-order valence-electron chi connectivity index (χ4n) is 3.44. The Balaban J connectivity index is 1.24. The molecular formula is C17H31N3O2. The molecule has 1 amide bonds. The molecule has 3 fully saturated rings. The Morgan fingerprint density at radius 2 is 1.77 bits per heavy atom. The van der Waals surface area contributed by atoms with Crippen LogP contribution in [-0.4, -0.2) is 74.2 Å². The number of ether oxygens (including phenoxy) is 1. The van der Waals surface area contributed by atoms with Crippen molar-refractivity contribution in [1.29, 1.82) is 0 Å². The third kappa shape index (κ3) is 5.21. The van der Waals surface area contributed by atoms with E-state index in [1.165, 1.54) is 38.8 Å². The molecule has 2 aliphatic heterocycles. The molecule has 0 radical (unpaired) electrons. The number of nitrogens with zero attached hydrogens (tertiary/aromatic N) is 2. The van der Waals surface area contributed by atoms with Crippen LogP contribution in [0.2, 0.25) is 0 Å². The summed E-state index contributed by atoms with van der Waals surface area (Å²) in [4.78, 5) is 16.6. The lowest BCUT2D eigenvalue weighted by Crippen LogP contribution is -2.45. The molecule has 2 saturated heterocycles. The molecule has 126 valence electrons. The van der Waals surface area contributed by atoms with Gasteiger partial charge in [-0.3, -0.25) is 4.79 Å². The summed E-state index contributed by atoms with van der Waals surface area (Å²) >= 11 is 0. The third-order valence-electron chi connectivity index (χ3n) is 5.16. The summed E-state index contributed by atoms with van der Waals surface area (Å²) in [6.45, 7) is 7.65. The third-order valence-corrected chi connectivity index (χ3v) is 5.16. The van der Waals surface area contributed by atoms with Gasteiger partial charge in [-0.25, -0.2) is 0 Å². The van der Waals surface area contributed by atoms with Gasteiger partial charge in [-0.2, -0.15) is 0 Å². The van der Waals surface area contributed by atoms with Crippen LogP contribution in [-0.2, 0) is 9.53 Å². The Labute approximate surface area is 134 Å². The van der Waals surface area contributed by atoms with Crippen molar-refractivity contribution in [3.05, 3.63) is 0 Å². The van der Waals surface area contributed by atoms with Gasteiger partial charge in [0.25, 0.3) is 0 Å². The number of nitrogens with one attached hydrogen (secondary N) is 1. The molecule has 0 aromatic heterocycles. The van der Waals surface area contributed by atoms with Gasteiger partial charge in [-0.1, -0.05) is 0 Å². The monoisotopic (exact) mass is 309 g/mol. The Hall–Kier alpha value is -0.650. The van der Waals surface area contributed by atoms with E-state index in [9.17, 15) is 4.79 Å². The van der Waals surface area contributed by atoms with Crippen LogP contribution in [0.25, 0.3) is 0 Å². The number of carbonyl (C=O) groups excluding carboxylic acids is 1. The minimum Gasteiger partial charge on any atom is -0.377 e. The van der Waals surface area contributed by atoms with Gasteiger partial charge in [0, 0.05) is 19.6 Å². The molecule has 0 bridgehead atoms. The van der Waals surface area contributed by atoms with Crippen molar-refractivity contribution in [2.45, 2.75) is 44.6 Å². The maximum Gasteiger partial charge on any atom is 0.236 e. The second-order valence-electron chi connectivity index (χ2n) is 7.07. The highest BCUT2D eigenvalue weighted by Gasteiger charge is 2.24. The zero-order valence-corrected chi connectivity index (χ0v) is 13.8. The van der Waals surface area contributed by atoms with Crippen LogP contribution in [0.4, 0.5) is 0 Å². The van der Waals surface area contributed by atoms with E-state index in [4.69, 9.17) is 4.74 Å². The molecule has 3 rings (SSSR count). The van der Waals surface area contributed by atoms with E-state index in [0.717, 1.165) is 51.5 Å². The largest absolute Gasteiger partial charge is 0.377 e. The molecule has 1 N–H and O–H groups in total. The Bertz CT molecular complexity index is 346. The maximum atomic E-state index is 12.1. The van der Waals surface area contributed by atoms with E-state index in [0.29, 0.717) is 12.6 Å². The highest BCUT2D eigenvalue weighted by molar-refractivity contribution is 5.78. The van der Waals surface area contributed by atoms with Gasteiger partial charge in [0.2, 0.25) is 5.91 Å². The number of rotatable bonds is 8.